The van der Waals surface area contributed by atoms with Crippen LogP contribution >= 0.6 is 0 Å². The number of hydrogen-bond donors (Lipinski definition) is 0. The van der Waals surface area contributed by atoms with Crippen LogP contribution in [0.15, 0.2) is 42.5 Å². The van der Waals surface area contributed by atoms with Gasteiger partial charge in [0.25, 0.3) is 0 Å². The molecule has 0 fully saturated rings. The van der Waals surface area contributed by atoms with Gasteiger partial charge in [0, 0.05) is 5.56 Å². The smallest absolute Gasteiger partial charge is 0.165 e. The quantitative estimate of drug-likeness (QED) is 0.520. The molecule has 0 atom stereocenters. The molecule has 0 amide bonds. The fourth-order valence-electron chi connectivity index (χ4n) is 2.01. The van der Waals surface area contributed by atoms with Gasteiger partial charge in [-0.3, -0.25) is 4.79 Å². The third-order valence-electron chi connectivity index (χ3n) is 3.21. The Hall–Kier alpha value is -2.56. The number of unbranched alkanes of at least 4 members (excludes halogenated alkanes) is 1. The number of hydrogen-bond acceptors (Lipinski definition) is 4. The van der Waals surface area contributed by atoms with Crippen molar-refractivity contribution < 1.29 is 23.4 Å². The normalized spacial score (nSPS) is 10.2. The summed E-state index contributed by atoms with van der Waals surface area (Å²) >= 11 is 0. The Kier molecular flexibility index (Phi) is 6.41. The third-order valence-corrected chi connectivity index (χ3v) is 3.21. The van der Waals surface area contributed by atoms with E-state index in [0.29, 0.717) is 30.3 Å². The van der Waals surface area contributed by atoms with Gasteiger partial charge in [-0.25, -0.2) is 4.39 Å². The first kappa shape index (κ1) is 16.8. The summed E-state index contributed by atoms with van der Waals surface area (Å²) in [6.07, 6.45) is 2.25. The summed E-state index contributed by atoms with van der Waals surface area (Å²) in [5.74, 6) is 1.02. The van der Waals surface area contributed by atoms with Crippen molar-refractivity contribution in [2.75, 3.05) is 20.3 Å². The van der Waals surface area contributed by atoms with Crippen molar-refractivity contribution >= 4 is 6.29 Å². The number of halogens is 1. The van der Waals surface area contributed by atoms with Gasteiger partial charge in [-0.15, -0.1) is 0 Å². The largest absolute Gasteiger partial charge is 0.493 e. The summed E-state index contributed by atoms with van der Waals surface area (Å²) in [6, 6.07) is 11.3. The van der Waals surface area contributed by atoms with Crippen LogP contribution in [0.3, 0.4) is 0 Å². The van der Waals surface area contributed by atoms with Crippen LogP contribution in [0.2, 0.25) is 0 Å². The van der Waals surface area contributed by atoms with E-state index in [2.05, 4.69) is 0 Å². The zero-order valence-electron chi connectivity index (χ0n) is 13.0. The minimum Gasteiger partial charge on any atom is -0.493 e. The van der Waals surface area contributed by atoms with E-state index >= 15 is 0 Å². The van der Waals surface area contributed by atoms with Gasteiger partial charge in [0.1, 0.15) is 6.29 Å². The first-order chi connectivity index (χ1) is 11.2. The van der Waals surface area contributed by atoms with E-state index < -0.39 is 0 Å². The lowest BCUT2D eigenvalue weighted by Crippen LogP contribution is -2.04. The Morgan fingerprint density at radius 1 is 0.957 bits per heavy atom. The van der Waals surface area contributed by atoms with Crippen molar-refractivity contribution in [3.8, 4) is 17.2 Å². The van der Waals surface area contributed by atoms with Crippen LogP contribution in [-0.2, 0) is 0 Å². The Labute approximate surface area is 134 Å². The number of para-hydroxylation sites is 1. The van der Waals surface area contributed by atoms with Crippen molar-refractivity contribution in [3.63, 3.8) is 0 Å². The molecule has 2 aromatic rings. The molecular weight excluding hydrogens is 299 g/mol. The van der Waals surface area contributed by atoms with Gasteiger partial charge in [0.05, 0.1) is 20.3 Å². The molecule has 0 saturated carbocycles. The van der Waals surface area contributed by atoms with Crippen molar-refractivity contribution in [3.05, 3.63) is 53.8 Å². The maximum absolute atomic E-state index is 13.3. The topological polar surface area (TPSA) is 44.8 Å². The summed E-state index contributed by atoms with van der Waals surface area (Å²) < 4.78 is 29.5. The summed E-state index contributed by atoms with van der Waals surface area (Å²) in [7, 11) is 1.53. The minimum atomic E-state index is -0.358. The standard InChI is InChI=1S/C18H19FO4/c1-21-18-12-14(13-20)8-9-17(18)23-11-5-4-10-22-16-7-3-2-6-15(16)19/h2-3,6-9,12-13H,4-5,10-11H2,1H3. The molecule has 0 aromatic heterocycles. The Bertz CT molecular complexity index is 643. The van der Waals surface area contributed by atoms with Crippen molar-refractivity contribution in [2.45, 2.75) is 12.8 Å². The second-order valence-corrected chi connectivity index (χ2v) is 4.86. The average molecular weight is 318 g/mol. The molecule has 0 unspecified atom stereocenters. The lowest BCUT2D eigenvalue weighted by molar-refractivity contribution is 0.112. The summed E-state index contributed by atoms with van der Waals surface area (Å²) in [5, 5.41) is 0. The third kappa shape index (κ3) is 4.98. The second kappa shape index (κ2) is 8.78. The predicted octanol–water partition coefficient (Wildman–Crippen LogP) is 3.88. The lowest BCUT2D eigenvalue weighted by Gasteiger charge is -2.11. The van der Waals surface area contributed by atoms with Crippen molar-refractivity contribution in [2.24, 2.45) is 0 Å². The molecule has 0 heterocycles. The van der Waals surface area contributed by atoms with E-state index in [-0.39, 0.29) is 11.6 Å². The number of aldehydes is 1. The molecule has 0 N–H and O–H groups in total. The molecule has 0 radical (unpaired) electrons. The van der Waals surface area contributed by atoms with Crippen LogP contribution in [0.4, 0.5) is 4.39 Å². The highest BCUT2D eigenvalue weighted by molar-refractivity contribution is 5.76. The number of carbonyl (C=O) groups excluding carboxylic acids is 1. The highest BCUT2D eigenvalue weighted by atomic mass is 19.1. The first-order valence-corrected chi connectivity index (χ1v) is 7.38. The van der Waals surface area contributed by atoms with E-state index in [0.717, 1.165) is 19.1 Å². The fourth-order valence-corrected chi connectivity index (χ4v) is 2.01. The van der Waals surface area contributed by atoms with Gasteiger partial charge in [-0.2, -0.15) is 0 Å². The highest BCUT2D eigenvalue weighted by Crippen LogP contribution is 2.27. The monoisotopic (exact) mass is 318 g/mol. The Balaban J connectivity index is 1.71. The molecule has 5 heteroatoms. The molecule has 0 saturated heterocycles. The summed E-state index contributed by atoms with van der Waals surface area (Å²) in [6.45, 7) is 0.906. The van der Waals surface area contributed by atoms with Crippen LogP contribution < -0.4 is 14.2 Å². The SMILES string of the molecule is COc1cc(C=O)ccc1OCCCCOc1ccccc1F. The molecule has 122 valence electrons. The minimum absolute atomic E-state index is 0.263. The maximum atomic E-state index is 13.3. The molecular formula is C18H19FO4. The van der Waals surface area contributed by atoms with E-state index in [4.69, 9.17) is 14.2 Å². The van der Waals surface area contributed by atoms with Crippen LogP contribution in [0.25, 0.3) is 0 Å². The molecule has 23 heavy (non-hydrogen) atoms. The Morgan fingerprint density at radius 3 is 2.30 bits per heavy atom. The van der Waals surface area contributed by atoms with Crippen LogP contribution in [0.1, 0.15) is 23.2 Å². The van der Waals surface area contributed by atoms with Crippen LogP contribution in [0.5, 0.6) is 17.2 Å². The molecule has 0 aliphatic heterocycles. The van der Waals surface area contributed by atoms with Gasteiger partial charge < -0.3 is 14.2 Å². The fraction of sp³-hybridized carbons (Fsp3) is 0.278. The van der Waals surface area contributed by atoms with E-state index in [1.165, 1.54) is 13.2 Å². The van der Waals surface area contributed by atoms with Gasteiger partial charge in [0.15, 0.2) is 23.1 Å². The second-order valence-electron chi connectivity index (χ2n) is 4.86. The molecule has 0 aliphatic rings. The number of benzene rings is 2. The molecule has 0 aliphatic carbocycles. The molecule has 0 bridgehead atoms. The van der Waals surface area contributed by atoms with E-state index in [1.54, 1.807) is 36.4 Å². The van der Waals surface area contributed by atoms with Crippen molar-refractivity contribution in [1.29, 1.82) is 0 Å². The first-order valence-electron chi connectivity index (χ1n) is 7.38. The Morgan fingerprint density at radius 2 is 1.65 bits per heavy atom. The number of methoxy groups -OCH3 is 1. The zero-order valence-corrected chi connectivity index (χ0v) is 13.0. The molecule has 2 aromatic carbocycles. The van der Waals surface area contributed by atoms with Gasteiger partial charge in [-0.1, -0.05) is 12.1 Å². The van der Waals surface area contributed by atoms with Gasteiger partial charge in [0.2, 0.25) is 0 Å². The van der Waals surface area contributed by atoms with Crippen LogP contribution in [0, 0.1) is 5.82 Å². The van der Waals surface area contributed by atoms with E-state index in [9.17, 15) is 9.18 Å². The lowest BCUT2D eigenvalue weighted by atomic mass is 10.2. The average Bonchev–Trinajstić information content (AvgIpc) is 2.59. The molecule has 0 spiro atoms. The van der Waals surface area contributed by atoms with Crippen molar-refractivity contribution in [1.82, 2.24) is 0 Å². The maximum Gasteiger partial charge on any atom is 0.165 e. The van der Waals surface area contributed by atoms with Gasteiger partial charge in [-0.05, 0) is 43.2 Å². The number of carbonyl (C=O) groups is 1. The van der Waals surface area contributed by atoms with Gasteiger partial charge >= 0.3 is 0 Å². The zero-order chi connectivity index (χ0) is 16.5. The summed E-state index contributed by atoms with van der Waals surface area (Å²) in [4.78, 5) is 10.7. The number of rotatable bonds is 9. The number of ether oxygens (including phenoxy) is 3. The predicted molar refractivity (Wildman–Crippen MR) is 85.0 cm³/mol. The van der Waals surface area contributed by atoms with Crippen LogP contribution in [-0.4, -0.2) is 26.6 Å². The highest BCUT2D eigenvalue weighted by Gasteiger charge is 2.05. The summed E-state index contributed by atoms with van der Waals surface area (Å²) in [5.41, 5.74) is 0.535. The van der Waals surface area contributed by atoms with E-state index in [1.807, 2.05) is 0 Å². The molecule has 4 nitrogen and oxygen atoms in total. The molecule has 2 rings (SSSR count).